The monoisotopic (exact) mass is 210 g/mol. The minimum Gasteiger partial charge on any atom is -0.253 e. The van der Waals surface area contributed by atoms with Crippen molar-refractivity contribution in [3.63, 3.8) is 0 Å². The van der Waals surface area contributed by atoms with Crippen molar-refractivity contribution in [2.75, 3.05) is 0 Å². The van der Waals surface area contributed by atoms with Gasteiger partial charge in [-0.25, -0.2) is 0 Å². The van der Waals surface area contributed by atoms with Crippen LogP contribution in [-0.4, -0.2) is 4.98 Å². The molecule has 0 atom stereocenters. The van der Waals surface area contributed by atoms with Gasteiger partial charge in [0, 0.05) is 11.1 Å². The van der Waals surface area contributed by atoms with Crippen LogP contribution in [-0.2, 0) is 6.18 Å². The maximum atomic E-state index is 12.4. The van der Waals surface area contributed by atoms with Crippen LogP contribution in [0.15, 0.2) is 30.3 Å². The molecule has 1 aromatic heterocycles. The number of hydrogen-bond donors (Lipinski definition) is 0. The van der Waals surface area contributed by atoms with Gasteiger partial charge in [0.05, 0.1) is 11.1 Å². The Morgan fingerprint density at radius 3 is 2.47 bits per heavy atom. The van der Waals surface area contributed by atoms with Gasteiger partial charge in [0.15, 0.2) is 0 Å². The predicted octanol–water partition coefficient (Wildman–Crippen LogP) is 3.44. The standard InChI is InChI=1S/C11H7F3N/c1-7-2-3-8-6-9(11(12,13)14)4-5-10(8)15-7/h2-6H,1H2. The molecule has 0 N–H and O–H groups in total. The molecule has 15 heavy (non-hydrogen) atoms. The first-order valence-electron chi connectivity index (χ1n) is 4.27. The van der Waals surface area contributed by atoms with E-state index < -0.39 is 11.7 Å². The van der Waals surface area contributed by atoms with Crippen molar-refractivity contribution in [3.8, 4) is 0 Å². The molecule has 0 aliphatic heterocycles. The van der Waals surface area contributed by atoms with Gasteiger partial charge in [-0.1, -0.05) is 6.07 Å². The van der Waals surface area contributed by atoms with Crippen LogP contribution in [0.2, 0.25) is 0 Å². The van der Waals surface area contributed by atoms with Crippen molar-refractivity contribution in [3.05, 3.63) is 48.5 Å². The summed E-state index contributed by atoms with van der Waals surface area (Å²) >= 11 is 0. The fourth-order valence-corrected chi connectivity index (χ4v) is 1.34. The maximum Gasteiger partial charge on any atom is 0.416 e. The summed E-state index contributed by atoms with van der Waals surface area (Å²) in [4.78, 5) is 4.02. The zero-order valence-electron chi connectivity index (χ0n) is 7.67. The van der Waals surface area contributed by atoms with Gasteiger partial charge in [0.1, 0.15) is 0 Å². The minimum absolute atomic E-state index is 0.470. The van der Waals surface area contributed by atoms with E-state index in [1.54, 1.807) is 12.1 Å². The lowest BCUT2D eigenvalue weighted by atomic mass is 10.1. The second-order valence-corrected chi connectivity index (χ2v) is 3.21. The summed E-state index contributed by atoms with van der Waals surface area (Å²) in [5.74, 6) is 0. The summed E-state index contributed by atoms with van der Waals surface area (Å²) in [5, 5.41) is 0.470. The van der Waals surface area contributed by atoms with Crippen molar-refractivity contribution < 1.29 is 13.2 Å². The number of aromatic nitrogens is 1. The van der Waals surface area contributed by atoms with Gasteiger partial charge in [-0.3, -0.25) is 4.98 Å². The lowest BCUT2D eigenvalue weighted by molar-refractivity contribution is -0.137. The third kappa shape index (κ3) is 1.93. The highest BCUT2D eigenvalue weighted by molar-refractivity contribution is 5.79. The van der Waals surface area contributed by atoms with E-state index >= 15 is 0 Å². The molecule has 0 aliphatic rings. The van der Waals surface area contributed by atoms with E-state index in [9.17, 15) is 13.2 Å². The zero-order valence-corrected chi connectivity index (χ0v) is 7.67. The SMILES string of the molecule is [CH2]c1ccc2cc(C(F)(F)F)ccc2n1. The van der Waals surface area contributed by atoms with Crippen LogP contribution in [0.1, 0.15) is 11.3 Å². The number of alkyl halides is 3. The molecule has 1 nitrogen and oxygen atoms in total. The number of benzene rings is 1. The van der Waals surface area contributed by atoms with Gasteiger partial charge in [0.25, 0.3) is 0 Å². The number of rotatable bonds is 0. The van der Waals surface area contributed by atoms with E-state index in [0.717, 1.165) is 12.1 Å². The Labute approximate surface area is 84.6 Å². The normalized spacial score (nSPS) is 12.0. The summed E-state index contributed by atoms with van der Waals surface area (Å²) in [6.45, 7) is 3.61. The molecule has 0 aliphatic carbocycles. The number of nitrogens with zero attached hydrogens (tertiary/aromatic N) is 1. The molecule has 2 rings (SSSR count). The van der Waals surface area contributed by atoms with Gasteiger partial charge in [-0.05, 0) is 31.2 Å². The van der Waals surface area contributed by atoms with Crippen molar-refractivity contribution in [2.24, 2.45) is 0 Å². The Balaban J connectivity index is 2.62. The molecule has 4 heteroatoms. The van der Waals surface area contributed by atoms with Crippen molar-refractivity contribution in [2.45, 2.75) is 6.18 Å². The van der Waals surface area contributed by atoms with E-state index in [1.807, 2.05) is 0 Å². The summed E-state index contributed by atoms with van der Waals surface area (Å²) in [6.07, 6.45) is -4.31. The van der Waals surface area contributed by atoms with E-state index in [-0.39, 0.29) is 0 Å². The molecule has 0 spiro atoms. The molecular weight excluding hydrogens is 203 g/mol. The van der Waals surface area contributed by atoms with Crippen molar-refractivity contribution in [1.29, 1.82) is 0 Å². The summed E-state index contributed by atoms with van der Waals surface area (Å²) in [7, 11) is 0. The molecule has 1 heterocycles. The molecule has 0 saturated carbocycles. The third-order valence-electron chi connectivity index (χ3n) is 2.07. The lowest BCUT2D eigenvalue weighted by Gasteiger charge is -2.07. The first kappa shape index (κ1) is 9.96. The lowest BCUT2D eigenvalue weighted by Crippen LogP contribution is -2.04. The summed E-state index contributed by atoms with van der Waals surface area (Å²) in [5.41, 5.74) is 0.409. The Kier molecular flexibility index (Phi) is 2.14. The second-order valence-electron chi connectivity index (χ2n) is 3.21. The highest BCUT2D eigenvalue weighted by Crippen LogP contribution is 2.30. The Morgan fingerprint density at radius 1 is 1.07 bits per heavy atom. The smallest absolute Gasteiger partial charge is 0.253 e. The molecule has 77 valence electrons. The third-order valence-corrected chi connectivity index (χ3v) is 2.07. The Morgan fingerprint density at radius 2 is 1.80 bits per heavy atom. The number of hydrogen-bond acceptors (Lipinski definition) is 1. The van der Waals surface area contributed by atoms with E-state index in [4.69, 9.17) is 0 Å². The number of pyridine rings is 1. The van der Waals surface area contributed by atoms with Crippen molar-refractivity contribution >= 4 is 10.9 Å². The topological polar surface area (TPSA) is 12.9 Å². The fraction of sp³-hybridized carbons (Fsp3) is 0.0909. The van der Waals surface area contributed by atoms with Crippen LogP contribution in [0.5, 0.6) is 0 Å². The molecule has 0 amide bonds. The summed E-state index contributed by atoms with van der Waals surface area (Å²) in [6, 6.07) is 6.63. The minimum atomic E-state index is -4.31. The Hall–Kier alpha value is -1.58. The molecule has 1 radical (unpaired) electrons. The number of fused-ring (bicyclic) bond motifs is 1. The molecule has 0 saturated heterocycles. The fourth-order valence-electron chi connectivity index (χ4n) is 1.34. The molecule has 2 aromatic rings. The van der Waals surface area contributed by atoms with Crippen LogP contribution >= 0.6 is 0 Å². The van der Waals surface area contributed by atoms with Crippen LogP contribution in [0.25, 0.3) is 10.9 Å². The zero-order chi connectivity index (χ0) is 11.1. The average molecular weight is 210 g/mol. The molecule has 0 bridgehead atoms. The molecule has 0 fully saturated rings. The van der Waals surface area contributed by atoms with Gasteiger partial charge in [-0.15, -0.1) is 0 Å². The first-order chi connectivity index (χ1) is 6.97. The van der Waals surface area contributed by atoms with E-state index in [0.29, 0.717) is 16.6 Å². The largest absolute Gasteiger partial charge is 0.416 e. The van der Waals surface area contributed by atoms with E-state index in [2.05, 4.69) is 11.9 Å². The van der Waals surface area contributed by atoms with Gasteiger partial charge in [-0.2, -0.15) is 13.2 Å². The average Bonchev–Trinajstić information content (AvgIpc) is 2.15. The molecule has 0 unspecified atom stereocenters. The predicted molar refractivity (Wildman–Crippen MR) is 51.2 cm³/mol. The second kappa shape index (κ2) is 3.22. The summed E-state index contributed by atoms with van der Waals surface area (Å²) < 4.78 is 37.1. The quantitative estimate of drug-likeness (QED) is 0.649. The molecule has 1 aromatic carbocycles. The van der Waals surface area contributed by atoms with Gasteiger partial charge in [0.2, 0.25) is 0 Å². The highest BCUT2D eigenvalue weighted by atomic mass is 19.4. The van der Waals surface area contributed by atoms with Crippen LogP contribution in [0.3, 0.4) is 0 Å². The first-order valence-corrected chi connectivity index (χ1v) is 4.27. The highest BCUT2D eigenvalue weighted by Gasteiger charge is 2.30. The Bertz CT molecular complexity index is 503. The van der Waals surface area contributed by atoms with Crippen LogP contribution < -0.4 is 0 Å². The van der Waals surface area contributed by atoms with Crippen molar-refractivity contribution in [1.82, 2.24) is 4.98 Å². The van der Waals surface area contributed by atoms with Gasteiger partial charge < -0.3 is 0 Å². The van der Waals surface area contributed by atoms with Crippen LogP contribution in [0.4, 0.5) is 13.2 Å². The van der Waals surface area contributed by atoms with E-state index in [1.165, 1.54) is 6.07 Å². The maximum absolute atomic E-state index is 12.4. The van der Waals surface area contributed by atoms with Gasteiger partial charge >= 0.3 is 6.18 Å². The number of halogens is 3. The van der Waals surface area contributed by atoms with Crippen LogP contribution in [0, 0.1) is 6.92 Å². The molecular formula is C11H7F3N.